The van der Waals surface area contributed by atoms with Crippen LogP contribution >= 0.6 is 0 Å². The van der Waals surface area contributed by atoms with E-state index in [9.17, 15) is 0 Å². The van der Waals surface area contributed by atoms with Crippen molar-refractivity contribution in [3.8, 4) is 0 Å². The van der Waals surface area contributed by atoms with Crippen molar-refractivity contribution in [2.45, 2.75) is 26.2 Å². The summed E-state index contributed by atoms with van der Waals surface area (Å²) in [5.41, 5.74) is 1.48. The van der Waals surface area contributed by atoms with Gasteiger partial charge < -0.3 is 4.90 Å². The fraction of sp³-hybridized carbons (Fsp3) is 0.571. The lowest BCUT2D eigenvalue weighted by Crippen LogP contribution is -2.21. The molecule has 0 bridgehead atoms. The second-order valence-electron chi connectivity index (χ2n) is 4.78. The van der Waals surface area contributed by atoms with Crippen LogP contribution in [0.4, 0.5) is 0 Å². The highest BCUT2D eigenvalue weighted by atomic mass is 15.1. The Morgan fingerprint density at radius 2 is 2.07 bits per heavy atom. The third kappa shape index (κ3) is 3.35. The predicted octanol–water partition coefficient (Wildman–Crippen LogP) is 2.96. The molecule has 1 aliphatic rings. The van der Waals surface area contributed by atoms with E-state index in [-0.39, 0.29) is 0 Å². The van der Waals surface area contributed by atoms with Gasteiger partial charge in [0.1, 0.15) is 0 Å². The molecule has 2 rings (SSSR count). The summed E-state index contributed by atoms with van der Waals surface area (Å²) in [4.78, 5) is 2.60. The first-order chi connectivity index (χ1) is 7.34. The summed E-state index contributed by atoms with van der Waals surface area (Å²) in [6.45, 7) is 6.27. The van der Waals surface area contributed by atoms with E-state index in [1.54, 1.807) is 0 Å². The second kappa shape index (κ2) is 5.32. The highest BCUT2D eigenvalue weighted by Gasteiger charge is 2.17. The van der Waals surface area contributed by atoms with Gasteiger partial charge in [0.15, 0.2) is 0 Å². The molecule has 0 radical (unpaired) electrons. The lowest BCUT2D eigenvalue weighted by atomic mass is 10.1. The van der Waals surface area contributed by atoms with Crippen molar-refractivity contribution in [1.82, 2.24) is 4.90 Å². The largest absolute Gasteiger partial charge is 0.303 e. The maximum absolute atomic E-state index is 2.60. The molecule has 1 aliphatic heterocycles. The Morgan fingerprint density at radius 1 is 1.27 bits per heavy atom. The standard InChI is InChI=1S/C14H21N/c1-13-9-11-15(12-13)10-5-8-14-6-3-2-4-7-14/h2-4,6-7,13H,5,8-12H2,1H3. The molecule has 0 aromatic heterocycles. The zero-order valence-corrected chi connectivity index (χ0v) is 9.65. The third-order valence-corrected chi connectivity index (χ3v) is 3.29. The van der Waals surface area contributed by atoms with Crippen LogP contribution in [0.2, 0.25) is 0 Å². The van der Waals surface area contributed by atoms with Crippen molar-refractivity contribution in [3.63, 3.8) is 0 Å². The molecule has 1 atom stereocenters. The number of hydrogen-bond donors (Lipinski definition) is 0. The summed E-state index contributed by atoms with van der Waals surface area (Å²) in [6.07, 6.45) is 3.92. The molecule has 1 aromatic carbocycles. The summed E-state index contributed by atoms with van der Waals surface area (Å²) >= 11 is 0. The highest BCUT2D eigenvalue weighted by Crippen LogP contribution is 2.15. The van der Waals surface area contributed by atoms with Crippen molar-refractivity contribution < 1.29 is 0 Å². The van der Waals surface area contributed by atoms with Crippen LogP contribution in [0.15, 0.2) is 30.3 Å². The summed E-state index contributed by atoms with van der Waals surface area (Å²) in [7, 11) is 0. The Bertz CT molecular complexity index is 281. The quantitative estimate of drug-likeness (QED) is 0.727. The Balaban J connectivity index is 1.67. The number of nitrogens with zero attached hydrogens (tertiary/aromatic N) is 1. The van der Waals surface area contributed by atoms with Gasteiger partial charge in [-0.2, -0.15) is 0 Å². The monoisotopic (exact) mass is 203 g/mol. The van der Waals surface area contributed by atoms with Crippen LogP contribution in [0.3, 0.4) is 0 Å². The molecule has 1 nitrogen and oxygen atoms in total. The first kappa shape index (κ1) is 10.7. The lowest BCUT2D eigenvalue weighted by molar-refractivity contribution is 0.323. The summed E-state index contributed by atoms with van der Waals surface area (Å²) in [5.74, 6) is 0.918. The minimum atomic E-state index is 0.918. The Morgan fingerprint density at radius 3 is 2.73 bits per heavy atom. The Hall–Kier alpha value is -0.820. The van der Waals surface area contributed by atoms with Gasteiger partial charge in [0.25, 0.3) is 0 Å². The van der Waals surface area contributed by atoms with E-state index in [0.29, 0.717) is 0 Å². The molecule has 1 unspecified atom stereocenters. The molecule has 0 spiro atoms. The molecule has 1 fully saturated rings. The van der Waals surface area contributed by atoms with E-state index in [2.05, 4.69) is 42.2 Å². The van der Waals surface area contributed by atoms with E-state index in [1.807, 2.05) is 0 Å². The van der Waals surface area contributed by atoms with Gasteiger partial charge in [-0.25, -0.2) is 0 Å². The van der Waals surface area contributed by atoms with Crippen LogP contribution in [0, 0.1) is 5.92 Å². The molecule has 1 heterocycles. The number of hydrogen-bond acceptors (Lipinski definition) is 1. The number of rotatable bonds is 4. The highest BCUT2D eigenvalue weighted by molar-refractivity contribution is 5.14. The number of benzene rings is 1. The van der Waals surface area contributed by atoms with Crippen molar-refractivity contribution in [1.29, 1.82) is 0 Å². The van der Waals surface area contributed by atoms with Gasteiger partial charge in [-0.1, -0.05) is 37.3 Å². The van der Waals surface area contributed by atoms with Crippen LogP contribution in [0.1, 0.15) is 25.3 Å². The van der Waals surface area contributed by atoms with Gasteiger partial charge in [0.2, 0.25) is 0 Å². The van der Waals surface area contributed by atoms with Crippen molar-refractivity contribution in [3.05, 3.63) is 35.9 Å². The van der Waals surface area contributed by atoms with E-state index in [1.165, 1.54) is 44.5 Å². The first-order valence-electron chi connectivity index (χ1n) is 6.11. The SMILES string of the molecule is CC1CCN(CCCc2ccccc2)C1. The smallest absolute Gasteiger partial charge is 0.000750 e. The van der Waals surface area contributed by atoms with Gasteiger partial charge in [-0.3, -0.25) is 0 Å². The van der Waals surface area contributed by atoms with Crippen LogP contribution < -0.4 is 0 Å². The van der Waals surface area contributed by atoms with Crippen LogP contribution in [0.5, 0.6) is 0 Å². The molecule has 0 amide bonds. The number of likely N-dealkylation sites (tertiary alicyclic amines) is 1. The zero-order valence-electron chi connectivity index (χ0n) is 9.65. The lowest BCUT2D eigenvalue weighted by Gasteiger charge is -2.14. The van der Waals surface area contributed by atoms with E-state index >= 15 is 0 Å². The molecule has 0 saturated carbocycles. The molecule has 15 heavy (non-hydrogen) atoms. The molecule has 0 aliphatic carbocycles. The molecule has 82 valence electrons. The van der Waals surface area contributed by atoms with Crippen molar-refractivity contribution in [2.24, 2.45) is 5.92 Å². The first-order valence-corrected chi connectivity index (χ1v) is 6.11. The van der Waals surface area contributed by atoms with Crippen LogP contribution in [-0.2, 0) is 6.42 Å². The molecule has 1 saturated heterocycles. The molecular weight excluding hydrogens is 182 g/mol. The van der Waals surface area contributed by atoms with Gasteiger partial charge in [0, 0.05) is 6.54 Å². The van der Waals surface area contributed by atoms with Crippen LogP contribution in [-0.4, -0.2) is 24.5 Å². The predicted molar refractivity (Wildman–Crippen MR) is 65.0 cm³/mol. The average molecular weight is 203 g/mol. The fourth-order valence-corrected chi connectivity index (χ4v) is 2.38. The molecule has 1 heteroatoms. The van der Waals surface area contributed by atoms with Gasteiger partial charge in [0.05, 0.1) is 0 Å². The number of aryl methyl sites for hydroxylation is 1. The van der Waals surface area contributed by atoms with E-state index in [4.69, 9.17) is 0 Å². The molecule has 0 N–H and O–H groups in total. The molecular formula is C14H21N. The Labute approximate surface area is 93.1 Å². The minimum absolute atomic E-state index is 0.918. The summed E-state index contributed by atoms with van der Waals surface area (Å²) in [5, 5.41) is 0. The average Bonchev–Trinajstić information content (AvgIpc) is 2.66. The third-order valence-electron chi connectivity index (χ3n) is 3.29. The van der Waals surface area contributed by atoms with Gasteiger partial charge in [-0.15, -0.1) is 0 Å². The zero-order chi connectivity index (χ0) is 10.5. The fourth-order valence-electron chi connectivity index (χ4n) is 2.38. The van der Waals surface area contributed by atoms with Gasteiger partial charge >= 0.3 is 0 Å². The maximum Gasteiger partial charge on any atom is 0.000750 e. The maximum atomic E-state index is 2.60. The Kier molecular flexibility index (Phi) is 3.79. The van der Waals surface area contributed by atoms with E-state index < -0.39 is 0 Å². The normalized spacial score (nSPS) is 22.1. The molecule has 1 aromatic rings. The minimum Gasteiger partial charge on any atom is -0.303 e. The van der Waals surface area contributed by atoms with Crippen molar-refractivity contribution in [2.75, 3.05) is 19.6 Å². The summed E-state index contributed by atoms with van der Waals surface area (Å²) in [6, 6.07) is 10.8. The summed E-state index contributed by atoms with van der Waals surface area (Å²) < 4.78 is 0. The van der Waals surface area contributed by atoms with Crippen molar-refractivity contribution >= 4 is 0 Å². The van der Waals surface area contributed by atoms with E-state index in [0.717, 1.165) is 5.92 Å². The second-order valence-corrected chi connectivity index (χ2v) is 4.78. The van der Waals surface area contributed by atoms with Crippen LogP contribution in [0.25, 0.3) is 0 Å². The topological polar surface area (TPSA) is 3.24 Å². The van der Waals surface area contributed by atoms with Gasteiger partial charge in [-0.05, 0) is 43.8 Å².